The monoisotopic (exact) mass is 263 g/mol. The molecule has 1 atom stereocenters. The van der Waals surface area contributed by atoms with Gasteiger partial charge in [-0.2, -0.15) is 0 Å². The van der Waals surface area contributed by atoms with E-state index < -0.39 is 0 Å². The predicted octanol–water partition coefficient (Wildman–Crippen LogP) is 2.80. The Balaban J connectivity index is 1.97. The lowest BCUT2D eigenvalue weighted by atomic mass is 9.84. The molecule has 3 N–H and O–H groups in total. The Labute approximate surface area is 113 Å². The van der Waals surface area contributed by atoms with Crippen LogP contribution in [0, 0.1) is 5.92 Å². The number of carbonyl (C=O) groups excluding carboxylic acids is 1. The maximum Gasteiger partial charge on any atom is 0.251 e. The molecule has 1 unspecified atom stereocenters. The smallest absolute Gasteiger partial charge is 0.251 e. The molecule has 1 fully saturated rings. The predicted molar refractivity (Wildman–Crippen MR) is 73.3 cm³/mol. The normalized spacial score (nSPS) is 17.9. The summed E-state index contributed by atoms with van der Waals surface area (Å²) in [5, 5.41) is 21.6. The highest BCUT2D eigenvalue weighted by atomic mass is 16.3. The van der Waals surface area contributed by atoms with Gasteiger partial charge in [-0.15, -0.1) is 0 Å². The van der Waals surface area contributed by atoms with Gasteiger partial charge in [0, 0.05) is 11.6 Å². The molecule has 0 bridgehead atoms. The Morgan fingerprint density at radius 1 is 1.21 bits per heavy atom. The number of hydrogen-bond acceptors (Lipinski definition) is 3. The number of rotatable bonds is 3. The van der Waals surface area contributed by atoms with Crippen molar-refractivity contribution < 1.29 is 15.0 Å². The van der Waals surface area contributed by atoms with Crippen LogP contribution in [0.25, 0.3) is 0 Å². The molecule has 1 aliphatic rings. The van der Waals surface area contributed by atoms with E-state index in [2.05, 4.69) is 5.32 Å². The van der Waals surface area contributed by atoms with Gasteiger partial charge in [0.1, 0.15) is 0 Å². The number of phenolic OH excluding ortho intramolecular Hbond substituents is 2. The third kappa shape index (κ3) is 3.40. The van der Waals surface area contributed by atoms with Crippen LogP contribution in [0.3, 0.4) is 0 Å². The Morgan fingerprint density at radius 3 is 2.53 bits per heavy atom. The lowest BCUT2D eigenvalue weighted by molar-refractivity contribution is 0.0919. The molecule has 1 amide bonds. The Morgan fingerprint density at radius 2 is 1.89 bits per heavy atom. The van der Waals surface area contributed by atoms with Crippen LogP contribution >= 0.6 is 0 Å². The standard InChI is InChI=1S/C15H21NO3/c1-10(11-5-3-2-4-6-11)16-15(19)12-7-8-13(17)14(18)9-12/h7-11,17-18H,2-6H2,1H3,(H,16,19). The number of carbonyl (C=O) groups is 1. The van der Waals surface area contributed by atoms with E-state index in [1.165, 1.54) is 50.3 Å². The van der Waals surface area contributed by atoms with Crippen LogP contribution in [0.15, 0.2) is 18.2 Å². The number of phenols is 2. The maximum absolute atomic E-state index is 12.1. The molecule has 1 saturated carbocycles. The van der Waals surface area contributed by atoms with Gasteiger partial charge in [0.05, 0.1) is 0 Å². The summed E-state index contributed by atoms with van der Waals surface area (Å²) in [6, 6.07) is 4.27. The minimum Gasteiger partial charge on any atom is -0.504 e. The number of aromatic hydroxyl groups is 2. The number of hydrogen-bond donors (Lipinski definition) is 3. The van der Waals surface area contributed by atoms with Crippen molar-refractivity contribution in [3.8, 4) is 11.5 Å². The molecular formula is C15H21NO3. The van der Waals surface area contributed by atoms with Gasteiger partial charge in [-0.1, -0.05) is 19.3 Å². The fourth-order valence-electron chi connectivity index (χ4n) is 2.71. The molecule has 1 aromatic carbocycles. The average Bonchev–Trinajstić information content (AvgIpc) is 2.42. The van der Waals surface area contributed by atoms with Gasteiger partial charge in [-0.3, -0.25) is 4.79 Å². The fraction of sp³-hybridized carbons (Fsp3) is 0.533. The summed E-state index contributed by atoms with van der Waals surface area (Å²) >= 11 is 0. The first-order valence-corrected chi connectivity index (χ1v) is 6.91. The van der Waals surface area contributed by atoms with E-state index in [4.69, 9.17) is 0 Å². The van der Waals surface area contributed by atoms with Crippen LogP contribution in [-0.2, 0) is 0 Å². The van der Waals surface area contributed by atoms with Crippen molar-refractivity contribution in [3.63, 3.8) is 0 Å². The number of nitrogens with one attached hydrogen (secondary N) is 1. The van der Waals surface area contributed by atoms with Crippen LogP contribution < -0.4 is 5.32 Å². The van der Waals surface area contributed by atoms with E-state index in [0.29, 0.717) is 11.5 Å². The summed E-state index contributed by atoms with van der Waals surface area (Å²) in [5.41, 5.74) is 0.373. The van der Waals surface area contributed by atoms with Crippen molar-refractivity contribution in [1.29, 1.82) is 0 Å². The summed E-state index contributed by atoms with van der Waals surface area (Å²) in [4.78, 5) is 12.1. The highest BCUT2D eigenvalue weighted by Crippen LogP contribution is 2.27. The zero-order valence-corrected chi connectivity index (χ0v) is 11.2. The average molecular weight is 263 g/mol. The summed E-state index contributed by atoms with van der Waals surface area (Å²) < 4.78 is 0. The van der Waals surface area contributed by atoms with Gasteiger partial charge in [0.15, 0.2) is 11.5 Å². The van der Waals surface area contributed by atoms with E-state index in [9.17, 15) is 15.0 Å². The van der Waals surface area contributed by atoms with Crippen LogP contribution in [0.1, 0.15) is 49.4 Å². The largest absolute Gasteiger partial charge is 0.504 e. The number of benzene rings is 1. The van der Waals surface area contributed by atoms with Crippen molar-refractivity contribution in [3.05, 3.63) is 23.8 Å². The SMILES string of the molecule is CC(NC(=O)c1ccc(O)c(O)c1)C1CCCCC1. The van der Waals surface area contributed by atoms with Gasteiger partial charge in [0.2, 0.25) is 0 Å². The van der Waals surface area contributed by atoms with Gasteiger partial charge in [0.25, 0.3) is 5.91 Å². The zero-order chi connectivity index (χ0) is 13.8. The quantitative estimate of drug-likeness (QED) is 0.734. The molecule has 4 nitrogen and oxygen atoms in total. The second-order valence-electron chi connectivity index (χ2n) is 5.36. The van der Waals surface area contributed by atoms with Crippen LogP contribution in [-0.4, -0.2) is 22.2 Å². The highest BCUT2D eigenvalue weighted by Gasteiger charge is 2.22. The minimum atomic E-state index is -0.266. The molecule has 0 aromatic heterocycles. The fourth-order valence-corrected chi connectivity index (χ4v) is 2.71. The van der Waals surface area contributed by atoms with Crippen molar-refractivity contribution in [2.24, 2.45) is 5.92 Å². The van der Waals surface area contributed by atoms with Crippen molar-refractivity contribution >= 4 is 5.91 Å². The molecule has 1 aromatic rings. The van der Waals surface area contributed by atoms with E-state index >= 15 is 0 Å². The van der Waals surface area contributed by atoms with Gasteiger partial charge in [-0.05, 0) is 43.9 Å². The summed E-state index contributed by atoms with van der Waals surface area (Å²) in [6.07, 6.45) is 6.11. The second kappa shape index (κ2) is 5.95. The molecule has 0 spiro atoms. The molecule has 2 rings (SSSR count). The minimum absolute atomic E-state index is 0.142. The second-order valence-corrected chi connectivity index (χ2v) is 5.36. The van der Waals surface area contributed by atoms with Crippen LogP contribution in [0.5, 0.6) is 11.5 Å². The molecule has 19 heavy (non-hydrogen) atoms. The third-order valence-corrected chi connectivity index (χ3v) is 3.95. The molecule has 0 radical (unpaired) electrons. The maximum atomic E-state index is 12.1. The van der Waals surface area contributed by atoms with Crippen molar-refractivity contribution in [2.75, 3.05) is 0 Å². The van der Waals surface area contributed by atoms with E-state index in [1.807, 2.05) is 6.92 Å². The molecule has 0 aliphatic heterocycles. The molecule has 0 saturated heterocycles. The summed E-state index contributed by atoms with van der Waals surface area (Å²) in [5.74, 6) is -0.133. The number of amides is 1. The third-order valence-electron chi connectivity index (χ3n) is 3.95. The molecule has 0 heterocycles. The Bertz CT molecular complexity index is 453. The lowest BCUT2D eigenvalue weighted by Crippen LogP contribution is -2.38. The molecule has 4 heteroatoms. The lowest BCUT2D eigenvalue weighted by Gasteiger charge is -2.28. The first kappa shape index (κ1) is 13.7. The van der Waals surface area contributed by atoms with Crippen LogP contribution in [0.4, 0.5) is 0 Å². The van der Waals surface area contributed by atoms with Gasteiger partial charge in [-0.25, -0.2) is 0 Å². The zero-order valence-electron chi connectivity index (χ0n) is 11.2. The van der Waals surface area contributed by atoms with E-state index in [1.54, 1.807) is 0 Å². The topological polar surface area (TPSA) is 69.6 Å². The Hall–Kier alpha value is -1.71. The molecule has 104 valence electrons. The first-order valence-electron chi connectivity index (χ1n) is 6.91. The van der Waals surface area contributed by atoms with Crippen LogP contribution in [0.2, 0.25) is 0 Å². The van der Waals surface area contributed by atoms with E-state index in [-0.39, 0.29) is 23.4 Å². The molecular weight excluding hydrogens is 242 g/mol. The highest BCUT2D eigenvalue weighted by molar-refractivity contribution is 5.95. The van der Waals surface area contributed by atoms with Gasteiger partial charge >= 0.3 is 0 Å². The van der Waals surface area contributed by atoms with Gasteiger partial charge < -0.3 is 15.5 Å². The van der Waals surface area contributed by atoms with Crippen molar-refractivity contribution in [1.82, 2.24) is 5.32 Å². The molecule has 1 aliphatic carbocycles. The summed E-state index contributed by atoms with van der Waals surface area (Å²) in [7, 11) is 0. The Kier molecular flexibility index (Phi) is 4.30. The first-order chi connectivity index (χ1) is 9.08. The van der Waals surface area contributed by atoms with E-state index in [0.717, 1.165) is 0 Å². The van der Waals surface area contributed by atoms with Crippen molar-refractivity contribution in [2.45, 2.75) is 45.1 Å². The summed E-state index contributed by atoms with van der Waals surface area (Å²) in [6.45, 7) is 2.04.